The summed E-state index contributed by atoms with van der Waals surface area (Å²) in [5, 5.41) is 11.6. The summed E-state index contributed by atoms with van der Waals surface area (Å²) in [4.78, 5) is 24.1. The van der Waals surface area contributed by atoms with Crippen LogP contribution >= 0.6 is 11.3 Å². The first-order valence-corrected chi connectivity index (χ1v) is 7.25. The maximum absolute atomic E-state index is 12.2. The molecule has 1 aromatic rings. The summed E-state index contributed by atoms with van der Waals surface area (Å²) >= 11 is 1.30. The van der Waals surface area contributed by atoms with E-state index in [1.54, 1.807) is 6.07 Å². The lowest BCUT2D eigenvalue weighted by Crippen LogP contribution is -2.41. The van der Waals surface area contributed by atoms with Crippen LogP contribution in [0, 0.1) is 12.3 Å². The number of aliphatic carboxylic acids is 1. The molecule has 110 valence electrons. The van der Waals surface area contributed by atoms with E-state index in [4.69, 9.17) is 5.11 Å². The van der Waals surface area contributed by atoms with Gasteiger partial charge in [0.05, 0.1) is 4.88 Å². The number of hydrogen-bond acceptors (Lipinski definition) is 3. The van der Waals surface area contributed by atoms with Crippen molar-refractivity contribution in [1.82, 2.24) is 5.32 Å². The fourth-order valence-corrected chi connectivity index (χ4v) is 2.39. The molecular formula is C15H21NO3S. The first kappa shape index (κ1) is 16.4. The van der Waals surface area contributed by atoms with Crippen molar-refractivity contribution in [1.29, 1.82) is 0 Å². The Bertz CT molecular complexity index is 538. The smallest absolute Gasteiger partial charge is 0.328 e. The summed E-state index contributed by atoms with van der Waals surface area (Å²) in [5.74, 6) is -1.11. The van der Waals surface area contributed by atoms with Crippen molar-refractivity contribution in [3.05, 3.63) is 27.5 Å². The van der Waals surface area contributed by atoms with E-state index in [0.717, 1.165) is 16.5 Å². The summed E-state index contributed by atoms with van der Waals surface area (Å²) in [7, 11) is 0. The van der Waals surface area contributed by atoms with Crippen molar-refractivity contribution >= 4 is 29.3 Å². The van der Waals surface area contributed by atoms with Crippen molar-refractivity contribution in [3.63, 3.8) is 0 Å². The lowest BCUT2D eigenvalue weighted by Gasteiger charge is -2.27. The standard InChI is InChI=1S/C15H21NO3S/c1-9-8-12(20-11(9)6-7-13(17)18)14(19)16-10(2)15(3,4)5/h6-8,10H,1-5H3,(H,16,19)(H,17,18)/b7-6+. The molecule has 2 N–H and O–H groups in total. The van der Waals surface area contributed by atoms with Crippen molar-refractivity contribution in [2.75, 3.05) is 0 Å². The third-order valence-electron chi connectivity index (χ3n) is 3.20. The maximum atomic E-state index is 12.2. The number of amides is 1. The van der Waals surface area contributed by atoms with E-state index in [2.05, 4.69) is 26.1 Å². The third kappa shape index (κ3) is 4.49. The second-order valence-corrected chi connectivity index (χ2v) is 6.97. The molecule has 4 nitrogen and oxygen atoms in total. The third-order valence-corrected chi connectivity index (χ3v) is 4.41. The molecule has 1 rings (SSSR count). The SMILES string of the molecule is Cc1cc(C(=O)NC(C)C(C)(C)C)sc1/C=C/C(=O)O. The van der Waals surface area contributed by atoms with Gasteiger partial charge in [-0.3, -0.25) is 4.79 Å². The van der Waals surface area contributed by atoms with Crippen LogP contribution in [0.4, 0.5) is 0 Å². The van der Waals surface area contributed by atoms with Crippen LogP contribution in [0.1, 0.15) is 47.8 Å². The Hall–Kier alpha value is -1.62. The molecule has 0 aliphatic heterocycles. The molecule has 0 aliphatic rings. The fraction of sp³-hybridized carbons (Fsp3) is 0.467. The summed E-state index contributed by atoms with van der Waals surface area (Å²) in [6.07, 6.45) is 2.60. The van der Waals surface area contributed by atoms with Gasteiger partial charge in [0.25, 0.3) is 5.91 Å². The fourth-order valence-electron chi connectivity index (χ4n) is 1.40. The van der Waals surface area contributed by atoms with Crippen molar-refractivity contribution < 1.29 is 14.7 Å². The molecule has 0 aliphatic carbocycles. The molecule has 0 saturated carbocycles. The normalized spacial score (nSPS) is 13.4. The Morgan fingerprint density at radius 1 is 1.40 bits per heavy atom. The Balaban J connectivity index is 2.85. The molecule has 0 spiro atoms. The van der Waals surface area contributed by atoms with Crippen LogP contribution in [0.3, 0.4) is 0 Å². The van der Waals surface area contributed by atoms with Gasteiger partial charge in [0, 0.05) is 17.0 Å². The summed E-state index contributed by atoms with van der Waals surface area (Å²) in [6, 6.07) is 1.84. The highest BCUT2D eigenvalue weighted by Crippen LogP contribution is 2.24. The largest absolute Gasteiger partial charge is 0.478 e. The molecule has 1 aromatic heterocycles. The Kier molecular flexibility index (Phi) is 5.11. The van der Waals surface area contributed by atoms with Crippen LogP contribution in [0.2, 0.25) is 0 Å². The molecule has 5 heteroatoms. The number of carboxylic acid groups (broad SMARTS) is 1. The Morgan fingerprint density at radius 3 is 2.50 bits per heavy atom. The van der Waals surface area contributed by atoms with E-state index < -0.39 is 5.97 Å². The minimum Gasteiger partial charge on any atom is -0.478 e. The number of aryl methyl sites for hydroxylation is 1. The number of carbonyl (C=O) groups excluding carboxylic acids is 1. The van der Waals surface area contributed by atoms with E-state index in [0.29, 0.717) is 4.88 Å². The van der Waals surface area contributed by atoms with Gasteiger partial charge in [0.1, 0.15) is 0 Å². The molecule has 0 saturated heterocycles. The minimum atomic E-state index is -0.995. The van der Waals surface area contributed by atoms with Crippen LogP contribution in [0.5, 0.6) is 0 Å². The molecular weight excluding hydrogens is 274 g/mol. The van der Waals surface area contributed by atoms with Gasteiger partial charge in [-0.1, -0.05) is 20.8 Å². The average Bonchev–Trinajstić information content (AvgIpc) is 2.66. The Morgan fingerprint density at radius 2 is 2.00 bits per heavy atom. The van der Waals surface area contributed by atoms with Crippen LogP contribution in [-0.4, -0.2) is 23.0 Å². The van der Waals surface area contributed by atoms with Gasteiger partial charge < -0.3 is 10.4 Å². The molecule has 1 amide bonds. The summed E-state index contributed by atoms with van der Waals surface area (Å²) < 4.78 is 0. The lowest BCUT2D eigenvalue weighted by molar-refractivity contribution is -0.131. The first-order chi connectivity index (χ1) is 9.11. The van der Waals surface area contributed by atoms with Gasteiger partial charge in [0.2, 0.25) is 0 Å². The van der Waals surface area contributed by atoms with Crippen molar-refractivity contribution in [2.45, 2.75) is 40.7 Å². The number of carbonyl (C=O) groups is 2. The highest BCUT2D eigenvalue weighted by Gasteiger charge is 2.23. The van der Waals surface area contributed by atoms with Gasteiger partial charge in [-0.05, 0) is 37.0 Å². The highest BCUT2D eigenvalue weighted by atomic mass is 32.1. The van der Waals surface area contributed by atoms with Crippen LogP contribution in [-0.2, 0) is 4.79 Å². The highest BCUT2D eigenvalue weighted by molar-refractivity contribution is 7.15. The Labute approximate surface area is 123 Å². The molecule has 0 fully saturated rings. The lowest BCUT2D eigenvalue weighted by atomic mass is 9.88. The maximum Gasteiger partial charge on any atom is 0.328 e. The monoisotopic (exact) mass is 295 g/mol. The van der Waals surface area contributed by atoms with Gasteiger partial charge in [0.15, 0.2) is 0 Å². The molecule has 1 unspecified atom stereocenters. The van der Waals surface area contributed by atoms with Gasteiger partial charge in [-0.25, -0.2) is 4.79 Å². The molecule has 20 heavy (non-hydrogen) atoms. The number of rotatable bonds is 4. The van der Waals surface area contributed by atoms with Crippen molar-refractivity contribution in [2.24, 2.45) is 5.41 Å². The number of thiophene rings is 1. The summed E-state index contributed by atoms with van der Waals surface area (Å²) in [6.45, 7) is 10.0. The number of carboxylic acids is 1. The van der Waals surface area contributed by atoms with E-state index in [1.165, 1.54) is 17.4 Å². The van der Waals surface area contributed by atoms with Crippen molar-refractivity contribution in [3.8, 4) is 0 Å². The number of hydrogen-bond donors (Lipinski definition) is 2. The van der Waals surface area contributed by atoms with E-state index >= 15 is 0 Å². The quantitative estimate of drug-likeness (QED) is 0.837. The van der Waals surface area contributed by atoms with Crippen LogP contribution in [0.25, 0.3) is 6.08 Å². The molecule has 0 radical (unpaired) electrons. The van der Waals surface area contributed by atoms with Gasteiger partial charge in [-0.15, -0.1) is 11.3 Å². The minimum absolute atomic E-state index is 0.00595. The number of nitrogens with one attached hydrogen (secondary N) is 1. The van der Waals surface area contributed by atoms with E-state index in [-0.39, 0.29) is 17.4 Å². The second-order valence-electron chi connectivity index (χ2n) is 5.89. The van der Waals surface area contributed by atoms with Crippen LogP contribution in [0.15, 0.2) is 12.1 Å². The molecule has 1 heterocycles. The van der Waals surface area contributed by atoms with Gasteiger partial charge in [-0.2, -0.15) is 0 Å². The second kappa shape index (κ2) is 6.22. The topological polar surface area (TPSA) is 66.4 Å². The molecule has 0 aromatic carbocycles. The predicted octanol–water partition coefficient (Wildman–Crippen LogP) is 3.32. The van der Waals surface area contributed by atoms with Crippen LogP contribution < -0.4 is 5.32 Å². The first-order valence-electron chi connectivity index (χ1n) is 6.43. The van der Waals surface area contributed by atoms with E-state index in [1.807, 2.05) is 13.8 Å². The zero-order chi connectivity index (χ0) is 15.5. The molecule has 0 bridgehead atoms. The van der Waals surface area contributed by atoms with E-state index in [9.17, 15) is 9.59 Å². The zero-order valence-electron chi connectivity index (χ0n) is 12.5. The zero-order valence-corrected chi connectivity index (χ0v) is 13.3. The predicted molar refractivity (Wildman–Crippen MR) is 82.1 cm³/mol. The average molecular weight is 295 g/mol. The van der Waals surface area contributed by atoms with Gasteiger partial charge >= 0.3 is 5.97 Å². The summed E-state index contributed by atoms with van der Waals surface area (Å²) in [5.41, 5.74) is 0.898. The molecule has 1 atom stereocenters.